The van der Waals surface area contributed by atoms with E-state index in [0.717, 1.165) is 6.07 Å². The van der Waals surface area contributed by atoms with Crippen molar-refractivity contribution < 1.29 is 22.7 Å². The Balaban J connectivity index is 2.13. The zero-order chi connectivity index (χ0) is 15.6. The van der Waals surface area contributed by atoms with E-state index in [-0.39, 0.29) is 30.3 Å². The topological polar surface area (TPSA) is 74.7 Å². The van der Waals surface area contributed by atoms with Crippen molar-refractivity contribution in [3.05, 3.63) is 28.5 Å². The molecule has 21 heavy (non-hydrogen) atoms. The van der Waals surface area contributed by atoms with Crippen LogP contribution in [0.25, 0.3) is 0 Å². The summed E-state index contributed by atoms with van der Waals surface area (Å²) in [5.74, 6) is -1.70. The Morgan fingerprint density at radius 2 is 2.00 bits per heavy atom. The molecule has 0 aliphatic carbocycles. The fourth-order valence-electron chi connectivity index (χ4n) is 2.42. The molecule has 0 amide bonds. The van der Waals surface area contributed by atoms with Gasteiger partial charge >= 0.3 is 5.97 Å². The average Bonchev–Trinajstić information content (AvgIpc) is 2.38. The first-order valence-corrected chi connectivity index (χ1v) is 8.71. The smallest absolute Gasteiger partial charge is 0.303 e. The summed E-state index contributed by atoms with van der Waals surface area (Å²) in [5.41, 5.74) is 0. The zero-order valence-electron chi connectivity index (χ0n) is 11.1. The van der Waals surface area contributed by atoms with E-state index in [0.29, 0.717) is 17.3 Å². The standard InChI is InChI=1S/C13H15BrFNO4S/c14-10-1-2-12(11(15)8-10)21(19,20)16-5-3-9(4-6-16)7-13(17)18/h1-2,8-9H,3-7H2,(H,17,18). The maximum atomic E-state index is 13.8. The number of aliphatic carboxylic acids is 1. The monoisotopic (exact) mass is 379 g/mol. The number of benzene rings is 1. The van der Waals surface area contributed by atoms with Crippen LogP contribution in [0, 0.1) is 11.7 Å². The molecule has 0 saturated carbocycles. The molecule has 0 radical (unpaired) electrons. The normalized spacial score (nSPS) is 17.8. The van der Waals surface area contributed by atoms with Gasteiger partial charge in [0.1, 0.15) is 10.7 Å². The summed E-state index contributed by atoms with van der Waals surface area (Å²) in [6.07, 6.45) is 0.994. The molecule has 0 spiro atoms. The van der Waals surface area contributed by atoms with Gasteiger partial charge in [0.15, 0.2) is 0 Å². The number of sulfonamides is 1. The van der Waals surface area contributed by atoms with Gasteiger partial charge in [0, 0.05) is 24.0 Å². The van der Waals surface area contributed by atoms with E-state index < -0.39 is 21.8 Å². The van der Waals surface area contributed by atoms with Crippen molar-refractivity contribution in [2.75, 3.05) is 13.1 Å². The van der Waals surface area contributed by atoms with Gasteiger partial charge in [-0.05, 0) is 37.0 Å². The Morgan fingerprint density at radius 1 is 1.38 bits per heavy atom. The van der Waals surface area contributed by atoms with Gasteiger partial charge in [0.05, 0.1) is 0 Å². The Bertz CT molecular complexity index is 642. The summed E-state index contributed by atoms with van der Waals surface area (Å²) in [6.45, 7) is 0.436. The van der Waals surface area contributed by atoms with E-state index in [1.807, 2.05) is 0 Å². The Morgan fingerprint density at radius 3 is 2.52 bits per heavy atom. The molecule has 1 aliphatic rings. The molecular formula is C13H15BrFNO4S. The third-order valence-corrected chi connectivity index (χ3v) is 5.97. The van der Waals surface area contributed by atoms with Crippen LogP contribution in [0.4, 0.5) is 4.39 Å². The molecular weight excluding hydrogens is 365 g/mol. The molecule has 1 fully saturated rings. The van der Waals surface area contributed by atoms with E-state index in [2.05, 4.69) is 15.9 Å². The second-order valence-corrected chi connectivity index (χ2v) is 7.84. The lowest BCUT2D eigenvalue weighted by Gasteiger charge is -2.30. The van der Waals surface area contributed by atoms with E-state index in [9.17, 15) is 17.6 Å². The predicted octanol–water partition coefficient (Wildman–Crippen LogP) is 2.46. The second-order valence-electron chi connectivity index (χ2n) is 5.02. The predicted molar refractivity (Wildman–Crippen MR) is 77.8 cm³/mol. The summed E-state index contributed by atoms with van der Waals surface area (Å²) >= 11 is 3.09. The third-order valence-electron chi connectivity index (χ3n) is 3.55. The molecule has 1 heterocycles. The highest BCUT2D eigenvalue weighted by Crippen LogP contribution is 2.27. The SMILES string of the molecule is O=C(O)CC1CCN(S(=O)(=O)c2ccc(Br)cc2F)CC1. The number of carboxylic acids is 1. The second kappa shape index (κ2) is 6.41. The molecule has 1 aromatic rings. The number of carboxylic acid groups (broad SMARTS) is 1. The largest absolute Gasteiger partial charge is 0.481 e. The van der Waals surface area contributed by atoms with Gasteiger partial charge in [-0.15, -0.1) is 0 Å². The van der Waals surface area contributed by atoms with Crippen molar-refractivity contribution in [3.8, 4) is 0 Å². The Labute approximate surface area is 130 Å². The number of hydrogen-bond acceptors (Lipinski definition) is 3. The number of nitrogens with zero attached hydrogens (tertiary/aromatic N) is 1. The number of carbonyl (C=O) groups is 1. The summed E-state index contributed by atoms with van der Waals surface area (Å²) < 4.78 is 40.3. The molecule has 8 heteroatoms. The van der Waals surface area contributed by atoms with E-state index in [1.54, 1.807) is 0 Å². The van der Waals surface area contributed by atoms with Crippen molar-refractivity contribution in [3.63, 3.8) is 0 Å². The van der Waals surface area contributed by atoms with E-state index >= 15 is 0 Å². The van der Waals surface area contributed by atoms with Crippen molar-refractivity contribution in [1.29, 1.82) is 0 Å². The van der Waals surface area contributed by atoms with Crippen molar-refractivity contribution in [2.45, 2.75) is 24.2 Å². The lowest BCUT2D eigenvalue weighted by Crippen LogP contribution is -2.39. The maximum absolute atomic E-state index is 13.8. The van der Waals surface area contributed by atoms with Crippen LogP contribution >= 0.6 is 15.9 Å². The average molecular weight is 380 g/mol. The Kier molecular flexibility index (Phi) is 5.00. The number of piperidine rings is 1. The fourth-order valence-corrected chi connectivity index (χ4v) is 4.27. The molecule has 0 atom stereocenters. The van der Waals surface area contributed by atoms with E-state index in [4.69, 9.17) is 5.11 Å². The Hall–Kier alpha value is -0.990. The van der Waals surface area contributed by atoms with Gasteiger partial charge < -0.3 is 5.11 Å². The van der Waals surface area contributed by atoms with Crippen LogP contribution in [0.3, 0.4) is 0 Å². The summed E-state index contributed by atoms with van der Waals surface area (Å²) in [6, 6.07) is 3.83. The highest BCUT2D eigenvalue weighted by molar-refractivity contribution is 9.10. The first-order chi connectivity index (χ1) is 9.80. The molecule has 2 rings (SSSR count). The minimum Gasteiger partial charge on any atom is -0.481 e. The van der Waals surface area contributed by atoms with Crippen LogP contribution in [0.5, 0.6) is 0 Å². The minimum atomic E-state index is -3.87. The molecule has 116 valence electrons. The molecule has 0 unspecified atom stereocenters. The lowest BCUT2D eigenvalue weighted by molar-refractivity contribution is -0.138. The molecule has 1 aliphatic heterocycles. The molecule has 0 aromatic heterocycles. The van der Waals surface area contributed by atoms with Crippen LogP contribution < -0.4 is 0 Å². The summed E-state index contributed by atoms with van der Waals surface area (Å²) in [5, 5.41) is 8.75. The van der Waals surface area contributed by atoms with Gasteiger partial charge in [0.2, 0.25) is 10.0 Å². The van der Waals surface area contributed by atoms with E-state index in [1.165, 1.54) is 16.4 Å². The van der Waals surface area contributed by atoms with Crippen molar-refractivity contribution >= 4 is 31.9 Å². The maximum Gasteiger partial charge on any atom is 0.303 e. The van der Waals surface area contributed by atoms with Gasteiger partial charge in [0.25, 0.3) is 0 Å². The molecule has 1 saturated heterocycles. The van der Waals surface area contributed by atoms with Crippen LogP contribution in [-0.4, -0.2) is 36.9 Å². The first kappa shape index (κ1) is 16.4. The van der Waals surface area contributed by atoms with Gasteiger partial charge in [-0.1, -0.05) is 15.9 Å². The summed E-state index contributed by atoms with van der Waals surface area (Å²) in [4.78, 5) is 10.3. The van der Waals surface area contributed by atoms with Crippen LogP contribution in [0.15, 0.2) is 27.6 Å². The van der Waals surface area contributed by atoms with Crippen LogP contribution in [-0.2, 0) is 14.8 Å². The third kappa shape index (κ3) is 3.81. The fraction of sp³-hybridized carbons (Fsp3) is 0.462. The molecule has 5 nitrogen and oxygen atoms in total. The van der Waals surface area contributed by atoms with Crippen molar-refractivity contribution in [2.24, 2.45) is 5.92 Å². The van der Waals surface area contributed by atoms with Crippen LogP contribution in [0.1, 0.15) is 19.3 Å². The number of halogens is 2. The first-order valence-electron chi connectivity index (χ1n) is 6.47. The lowest BCUT2D eigenvalue weighted by atomic mass is 9.95. The molecule has 1 N–H and O–H groups in total. The highest BCUT2D eigenvalue weighted by Gasteiger charge is 2.31. The van der Waals surface area contributed by atoms with Crippen molar-refractivity contribution in [1.82, 2.24) is 4.31 Å². The minimum absolute atomic E-state index is 0.0243. The molecule has 0 bridgehead atoms. The van der Waals surface area contributed by atoms with Crippen LogP contribution in [0.2, 0.25) is 0 Å². The van der Waals surface area contributed by atoms with Gasteiger partial charge in [-0.2, -0.15) is 4.31 Å². The van der Waals surface area contributed by atoms with Gasteiger partial charge in [-0.25, -0.2) is 12.8 Å². The number of hydrogen-bond donors (Lipinski definition) is 1. The highest BCUT2D eigenvalue weighted by atomic mass is 79.9. The zero-order valence-corrected chi connectivity index (χ0v) is 13.5. The quantitative estimate of drug-likeness (QED) is 0.871. The summed E-state index contributed by atoms with van der Waals surface area (Å²) in [7, 11) is -3.87. The number of rotatable bonds is 4. The molecule has 1 aromatic carbocycles. The van der Waals surface area contributed by atoms with Gasteiger partial charge in [-0.3, -0.25) is 4.79 Å².